The predicted octanol–water partition coefficient (Wildman–Crippen LogP) is 1.10. The zero-order chi connectivity index (χ0) is 14.8. The molecule has 5 nitrogen and oxygen atoms in total. The summed E-state index contributed by atoms with van der Waals surface area (Å²) in [5.74, 6) is -1.72. The Morgan fingerprint density at radius 3 is 2.67 bits per heavy atom. The molecule has 2 aliphatic rings. The summed E-state index contributed by atoms with van der Waals surface area (Å²) in [5.41, 5.74) is 1.28. The number of amides is 1. The molecule has 1 aromatic carbocycles. The SMILES string of the molecule is O=C(O)C1CC1C(=O)NC1CCN(Cc2ccccc2)C1. The Labute approximate surface area is 123 Å². The second-order valence-corrected chi connectivity index (χ2v) is 6.00. The smallest absolute Gasteiger partial charge is 0.307 e. The number of rotatable bonds is 5. The molecule has 5 heteroatoms. The van der Waals surface area contributed by atoms with Crippen molar-refractivity contribution in [1.29, 1.82) is 0 Å². The fourth-order valence-electron chi connectivity index (χ4n) is 3.00. The number of aliphatic carboxylic acids is 1. The second kappa shape index (κ2) is 5.85. The summed E-state index contributed by atoms with van der Waals surface area (Å²) in [6.45, 7) is 2.70. The summed E-state index contributed by atoms with van der Waals surface area (Å²) < 4.78 is 0. The molecule has 0 spiro atoms. The van der Waals surface area contributed by atoms with Crippen LogP contribution in [-0.2, 0) is 16.1 Å². The van der Waals surface area contributed by atoms with Gasteiger partial charge in [0.15, 0.2) is 0 Å². The van der Waals surface area contributed by atoms with Crippen molar-refractivity contribution in [2.24, 2.45) is 11.8 Å². The van der Waals surface area contributed by atoms with E-state index in [0.717, 1.165) is 26.1 Å². The zero-order valence-corrected chi connectivity index (χ0v) is 11.9. The van der Waals surface area contributed by atoms with Crippen molar-refractivity contribution in [1.82, 2.24) is 10.2 Å². The van der Waals surface area contributed by atoms with Gasteiger partial charge < -0.3 is 10.4 Å². The van der Waals surface area contributed by atoms with Crippen molar-refractivity contribution in [3.63, 3.8) is 0 Å². The third-order valence-electron chi connectivity index (χ3n) is 4.31. The average molecular weight is 288 g/mol. The van der Waals surface area contributed by atoms with E-state index in [4.69, 9.17) is 5.11 Å². The van der Waals surface area contributed by atoms with Crippen molar-refractivity contribution in [3.8, 4) is 0 Å². The number of carbonyl (C=O) groups is 2. The first kappa shape index (κ1) is 14.1. The summed E-state index contributed by atoms with van der Waals surface area (Å²) in [5, 5.41) is 11.8. The Morgan fingerprint density at radius 2 is 2.00 bits per heavy atom. The van der Waals surface area contributed by atoms with Crippen LogP contribution in [0.2, 0.25) is 0 Å². The van der Waals surface area contributed by atoms with Gasteiger partial charge in [0, 0.05) is 25.7 Å². The van der Waals surface area contributed by atoms with Gasteiger partial charge in [0.25, 0.3) is 0 Å². The van der Waals surface area contributed by atoms with Crippen molar-refractivity contribution in [3.05, 3.63) is 35.9 Å². The quantitative estimate of drug-likeness (QED) is 0.851. The molecule has 0 radical (unpaired) electrons. The fraction of sp³-hybridized carbons (Fsp3) is 0.500. The van der Waals surface area contributed by atoms with E-state index in [2.05, 4.69) is 22.3 Å². The molecule has 1 amide bonds. The third-order valence-corrected chi connectivity index (χ3v) is 4.31. The van der Waals surface area contributed by atoms with Crippen molar-refractivity contribution in [2.45, 2.75) is 25.4 Å². The fourth-order valence-corrected chi connectivity index (χ4v) is 3.00. The van der Waals surface area contributed by atoms with Crippen LogP contribution in [0.3, 0.4) is 0 Å². The van der Waals surface area contributed by atoms with Gasteiger partial charge in [-0.15, -0.1) is 0 Å². The van der Waals surface area contributed by atoms with Crippen LogP contribution in [0.15, 0.2) is 30.3 Å². The number of carbonyl (C=O) groups excluding carboxylic acids is 1. The first-order valence-corrected chi connectivity index (χ1v) is 7.43. The minimum absolute atomic E-state index is 0.0889. The molecule has 2 N–H and O–H groups in total. The molecule has 1 saturated heterocycles. The number of hydrogen-bond donors (Lipinski definition) is 2. The van der Waals surface area contributed by atoms with E-state index in [9.17, 15) is 9.59 Å². The molecular formula is C16H20N2O3. The molecule has 1 aromatic rings. The summed E-state index contributed by atoms with van der Waals surface area (Å²) in [7, 11) is 0. The Hall–Kier alpha value is -1.88. The average Bonchev–Trinajstić information content (AvgIpc) is 3.17. The Morgan fingerprint density at radius 1 is 1.24 bits per heavy atom. The molecule has 0 bridgehead atoms. The van der Waals surface area contributed by atoms with Gasteiger partial charge in [-0.25, -0.2) is 0 Å². The van der Waals surface area contributed by atoms with Gasteiger partial charge in [0.1, 0.15) is 0 Å². The number of hydrogen-bond acceptors (Lipinski definition) is 3. The summed E-state index contributed by atoms with van der Waals surface area (Å²) in [6.07, 6.45) is 1.42. The number of likely N-dealkylation sites (tertiary alicyclic amines) is 1. The minimum atomic E-state index is -0.854. The maximum Gasteiger partial charge on any atom is 0.307 e. The minimum Gasteiger partial charge on any atom is -0.481 e. The van der Waals surface area contributed by atoms with Crippen molar-refractivity contribution < 1.29 is 14.7 Å². The van der Waals surface area contributed by atoms with E-state index in [1.54, 1.807) is 0 Å². The summed E-state index contributed by atoms with van der Waals surface area (Å²) in [6, 6.07) is 10.4. The topological polar surface area (TPSA) is 69.6 Å². The normalized spacial score (nSPS) is 28.3. The molecule has 21 heavy (non-hydrogen) atoms. The molecule has 3 unspecified atom stereocenters. The van der Waals surface area contributed by atoms with Crippen LogP contribution in [0.1, 0.15) is 18.4 Å². The van der Waals surface area contributed by atoms with Gasteiger partial charge in [-0.3, -0.25) is 14.5 Å². The van der Waals surface area contributed by atoms with Crippen LogP contribution in [0.4, 0.5) is 0 Å². The number of nitrogens with zero attached hydrogens (tertiary/aromatic N) is 1. The monoisotopic (exact) mass is 288 g/mol. The van der Waals surface area contributed by atoms with Gasteiger partial charge in [-0.2, -0.15) is 0 Å². The van der Waals surface area contributed by atoms with Crippen molar-refractivity contribution >= 4 is 11.9 Å². The standard InChI is InChI=1S/C16H20N2O3/c19-15(13-8-14(13)16(20)21)17-12-6-7-18(10-12)9-11-4-2-1-3-5-11/h1-5,12-14H,6-10H2,(H,17,19)(H,20,21). The van der Waals surface area contributed by atoms with Gasteiger partial charge in [-0.05, 0) is 18.4 Å². The lowest BCUT2D eigenvalue weighted by atomic mass is 10.2. The van der Waals surface area contributed by atoms with E-state index in [1.807, 2.05) is 18.2 Å². The van der Waals surface area contributed by atoms with Gasteiger partial charge >= 0.3 is 5.97 Å². The van der Waals surface area contributed by atoms with E-state index < -0.39 is 11.9 Å². The molecule has 1 aliphatic carbocycles. The molecule has 2 fully saturated rings. The molecular weight excluding hydrogens is 268 g/mol. The highest BCUT2D eigenvalue weighted by Gasteiger charge is 2.48. The highest BCUT2D eigenvalue weighted by molar-refractivity contribution is 5.89. The molecule has 1 aliphatic heterocycles. The second-order valence-electron chi connectivity index (χ2n) is 6.00. The maximum atomic E-state index is 11.9. The van der Waals surface area contributed by atoms with Crippen LogP contribution >= 0.6 is 0 Å². The Bertz CT molecular complexity index is 532. The number of benzene rings is 1. The zero-order valence-electron chi connectivity index (χ0n) is 11.9. The van der Waals surface area contributed by atoms with Crippen LogP contribution in [-0.4, -0.2) is 41.0 Å². The van der Waals surface area contributed by atoms with Gasteiger partial charge in [0.2, 0.25) is 5.91 Å². The molecule has 1 saturated carbocycles. The molecule has 3 atom stereocenters. The highest BCUT2D eigenvalue weighted by atomic mass is 16.4. The maximum absolute atomic E-state index is 11.9. The molecule has 3 rings (SSSR count). The number of carboxylic acids is 1. The highest BCUT2D eigenvalue weighted by Crippen LogP contribution is 2.38. The molecule has 112 valence electrons. The first-order valence-electron chi connectivity index (χ1n) is 7.43. The first-order chi connectivity index (χ1) is 10.1. The van der Waals surface area contributed by atoms with Crippen LogP contribution in [0.25, 0.3) is 0 Å². The van der Waals surface area contributed by atoms with E-state index in [0.29, 0.717) is 6.42 Å². The van der Waals surface area contributed by atoms with Crippen LogP contribution in [0, 0.1) is 11.8 Å². The largest absolute Gasteiger partial charge is 0.481 e. The lowest BCUT2D eigenvalue weighted by Crippen LogP contribution is -2.38. The van der Waals surface area contributed by atoms with E-state index in [1.165, 1.54) is 5.56 Å². The number of nitrogens with one attached hydrogen (secondary N) is 1. The lowest BCUT2D eigenvalue weighted by molar-refractivity contribution is -0.140. The lowest BCUT2D eigenvalue weighted by Gasteiger charge is -2.16. The van der Waals surface area contributed by atoms with Crippen LogP contribution < -0.4 is 5.32 Å². The van der Waals surface area contributed by atoms with Crippen molar-refractivity contribution in [2.75, 3.05) is 13.1 Å². The predicted molar refractivity (Wildman–Crippen MR) is 77.5 cm³/mol. The van der Waals surface area contributed by atoms with Gasteiger partial charge in [0.05, 0.1) is 11.8 Å². The Balaban J connectivity index is 1.45. The molecule has 0 aromatic heterocycles. The Kier molecular flexibility index (Phi) is 3.92. The van der Waals surface area contributed by atoms with E-state index in [-0.39, 0.29) is 17.9 Å². The molecule has 1 heterocycles. The third kappa shape index (κ3) is 3.42. The van der Waals surface area contributed by atoms with Crippen LogP contribution in [0.5, 0.6) is 0 Å². The van der Waals surface area contributed by atoms with E-state index >= 15 is 0 Å². The summed E-state index contributed by atoms with van der Waals surface area (Å²) >= 11 is 0. The number of carboxylic acid groups (broad SMARTS) is 1. The summed E-state index contributed by atoms with van der Waals surface area (Å²) in [4.78, 5) is 25.1. The van der Waals surface area contributed by atoms with Gasteiger partial charge in [-0.1, -0.05) is 30.3 Å².